The molecule has 0 amide bonds. The van der Waals surface area contributed by atoms with Crippen LogP contribution in [0.25, 0.3) is 0 Å². The largest absolute Gasteiger partial charge is 0.361 e. The Morgan fingerprint density at radius 1 is 1.12 bits per heavy atom. The molecule has 0 spiro atoms. The average molecular weight is 384 g/mol. The third-order valence-electron chi connectivity index (χ3n) is 3.78. The molecule has 25 heavy (non-hydrogen) atoms. The molecule has 7 heteroatoms. The maximum atomic E-state index is 14.2. The van der Waals surface area contributed by atoms with Crippen molar-refractivity contribution in [3.05, 3.63) is 70.2 Å². The first-order valence-corrected chi connectivity index (χ1v) is 8.53. The number of hydrogen-bond acceptors (Lipinski definition) is 2. The molecule has 0 aliphatic heterocycles. The van der Waals surface area contributed by atoms with Gasteiger partial charge < -0.3 is 15.5 Å². The van der Waals surface area contributed by atoms with Crippen LogP contribution in [-0.2, 0) is 6.54 Å². The van der Waals surface area contributed by atoms with Gasteiger partial charge in [0, 0.05) is 23.7 Å². The summed E-state index contributed by atoms with van der Waals surface area (Å²) in [5, 5.41) is 6.94. The van der Waals surface area contributed by atoms with Crippen molar-refractivity contribution in [2.45, 2.75) is 12.6 Å². The lowest BCUT2D eigenvalue weighted by Crippen LogP contribution is -2.40. The van der Waals surface area contributed by atoms with E-state index in [-0.39, 0.29) is 17.7 Å². The predicted molar refractivity (Wildman–Crippen MR) is 102 cm³/mol. The van der Waals surface area contributed by atoms with Crippen LogP contribution in [0.3, 0.4) is 0 Å². The van der Waals surface area contributed by atoms with E-state index < -0.39 is 0 Å². The van der Waals surface area contributed by atoms with Gasteiger partial charge in [0.05, 0.1) is 6.04 Å². The third-order valence-corrected chi connectivity index (χ3v) is 4.40. The highest BCUT2D eigenvalue weighted by molar-refractivity contribution is 7.80. The van der Waals surface area contributed by atoms with Crippen molar-refractivity contribution in [3.63, 3.8) is 0 Å². The zero-order chi connectivity index (χ0) is 18.4. The topological polar surface area (TPSA) is 27.3 Å². The highest BCUT2D eigenvalue weighted by Crippen LogP contribution is 2.28. The molecule has 0 aromatic heterocycles. The van der Waals surface area contributed by atoms with Gasteiger partial charge >= 0.3 is 0 Å². The standard InChI is InChI=1S/C18H20ClF2N3S/c1-24(2)16(17-14(19)4-3-5-15(17)21)11-23-18(25)22-10-12-6-8-13(20)9-7-12/h3-9,16H,10-11H2,1-2H3,(H2,22,23,25)/t16-/m1/s1. The van der Waals surface area contributed by atoms with E-state index >= 15 is 0 Å². The Morgan fingerprint density at radius 3 is 2.40 bits per heavy atom. The SMILES string of the molecule is CN(C)[C@H](CNC(=S)NCc1ccc(F)cc1)c1c(F)cccc1Cl. The van der Waals surface area contributed by atoms with E-state index in [1.165, 1.54) is 18.2 Å². The molecule has 2 N–H and O–H groups in total. The molecule has 0 heterocycles. The van der Waals surface area contributed by atoms with Crippen molar-refractivity contribution in [1.29, 1.82) is 0 Å². The Morgan fingerprint density at radius 2 is 1.80 bits per heavy atom. The first-order chi connectivity index (χ1) is 11.9. The van der Waals surface area contributed by atoms with E-state index in [0.717, 1.165) is 5.56 Å². The molecule has 2 aromatic carbocycles. The zero-order valence-electron chi connectivity index (χ0n) is 14.0. The Labute approximate surface area is 157 Å². The Balaban J connectivity index is 1.94. The first kappa shape index (κ1) is 19.6. The van der Waals surface area contributed by atoms with Crippen molar-refractivity contribution in [2.24, 2.45) is 0 Å². The molecule has 3 nitrogen and oxygen atoms in total. The van der Waals surface area contributed by atoms with E-state index in [1.807, 2.05) is 19.0 Å². The number of thiocarbonyl (C=S) groups is 1. The van der Waals surface area contributed by atoms with Crippen LogP contribution in [0.4, 0.5) is 8.78 Å². The van der Waals surface area contributed by atoms with Crippen molar-refractivity contribution in [3.8, 4) is 0 Å². The second kappa shape index (κ2) is 9.08. The number of hydrogen-bond donors (Lipinski definition) is 2. The van der Waals surface area contributed by atoms with Crippen molar-refractivity contribution < 1.29 is 8.78 Å². The van der Waals surface area contributed by atoms with Crippen molar-refractivity contribution >= 4 is 28.9 Å². The molecule has 0 saturated carbocycles. The fourth-order valence-electron chi connectivity index (χ4n) is 2.41. The molecule has 2 rings (SSSR count). The lowest BCUT2D eigenvalue weighted by Gasteiger charge is -2.27. The van der Waals surface area contributed by atoms with Crippen molar-refractivity contribution in [1.82, 2.24) is 15.5 Å². The highest BCUT2D eigenvalue weighted by atomic mass is 35.5. The summed E-state index contributed by atoms with van der Waals surface area (Å²) in [5.74, 6) is -0.627. The molecule has 0 aliphatic rings. The summed E-state index contributed by atoms with van der Waals surface area (Å²) in [6.07, 6.45) is 0. The molecule has 0 bridgehead atoms. The molecule has 0 fully saturated rings. The van der Waals surface area contributed by atoms with E-state index in [2.05, 4.69) is 10.6 Å². The summed E-state index contributed by atoms with van der Waals surface area (Å²) >= 11 is 11.4. The quantitative estimate of drug-likeness (QED) is 0.740. The Hall–Kier alpha value is -1.76. The van der Waals surface area contributed by atoms with Crippen LogP contribution < -0.4 is 10.6 Å². The van der Waals surface area contributed by atoms with Gasteiger partial charge in [0.1, 0.15) is 11.6 Å². The smallest absolute Gasteiger partial charge is 0.166 e. The van der Waals surface area contributed by atoms with Crippen LogP contribution in [0.15, 0.2) is 42.5 Å². The average Bonchev–Trinajstić information content (AvgIpc) is 2.56. The van der Waals surface area contributed by atoms with Crippen LogP contribution >= 0.6 is 23.8 Å². The van der Waals surface area contributed by atoms with Crippen LogP contribution in [0.2, 0.25) is 5.02 Å². The summed E-state index contributed by atoms with van der Waals surface area (Å²) in [6, 6.07) is 10.5. The number of nitrogens with zero attached hydrogens (tertiary/aromatic N) is 1. The van der Waals surface area contributed by atoms with Crippen LogP contribution in [0, 0.1) is 11.6 Å². The second-order valence-corrected chi connectivity index (χ2v) is 6.62. The normalized spacial score (nSPS) is 12.1. The molecule has 0 aliphatic carbocycles. The first-order valence-electron chi connectivity index (χ1n) is 7.75. The van der Waals surface area contributed by atoms with E-state index in [4.69, 9.17) is 23.8 Å². The second-order valence-electron chi connectivity index (χ2n) is 5.80. The van der Waals surface area contributed by atoms with Gasteiger partial charge in [0.15, 0.2) is 5.11 Å². The fraction of sp³-hybridized carbons (Fsp3) is 0.278. The van der Waals surface area contributed by atoms with E-state index in [9.17, 15) is 8.78 Å². The van der Waals surface area contributed by atoms with Gasteiger partial charge in [0.25, 0.3) is 0 Å². The molecular weight excluding hydrogens is 364 g/mol. The summed E-state index contributed by atoms with van der Waals surface area (Å²) < 4.78 is 27.1. The molecule has 2 aromatic rings. The maximum Gasteiger partial charge on any atom is 0.166 e. The molecule has 0 saturated heterocycles. The molecule has 0 unspecified atom stereocenters. The van der Waals surface area contributed by atoms with Crippen LogP contribution in [0.5, 0.6) is 0 Å². The van der Waals surface area contributed by atoms with Gasteiger partial charge in [-0.2, -0.15) is 0 Å². The molecule has 1 atom stereocenters. The minimum atomic E-state index is -0.349. The number of halogens is 3. The summed E-state index contributed by atoms with van der Waals surface area (Å²) in [7, 11) is 3.70. The fourth-order valence-corrected chi connectivity index (χ4v) is 2.85. The van der Waals surface area contributed by atoms with E-state index in [0.29, 0.717) is 28.8 Å². The lowest BCUT2D eigenvalue weighted by molar-refractivity contribution is 0.291. The summed E-state index contributed by atoms with van der Waals surface area (Å²) in [5.41, 5.74) is 1.34. The Kier molecular flexibility index (Phi) is 7.11. The monoisotopic (exact) mass is 383 g/mol. The summed E-state index contributed by atoms with van der Waals surface area (Å²) in [6.45, 7) is 0.863. The van der Waals surface area contributed by atoms with Crippen LogP contribution in [-0.4, -0.2) is 30.7 Å². The highest BCUT2D eigenvalue weighted by Gasteiger charge is 2.21. The molecular formula is C18H20ClF2N3S. The van der Waals surface area contributed by atoms with Gasteiger partial charge in [-0.3, -0.25) is 0 Å². The maximum absolute atomic E-state index is 14.2. The number of nitrogens with one attached hydrogen (secondary N) is 2. The van der Waals surface area contributed by atoms with Crippen molar-refractivity contribution in [2.75, 3.05) is 20.6 Å². The number of benzene rings is 2. The van der Waals surface area contributed by atoms with Gasteiger partial charge in [0.2, 0.25) is 0 Å². The number of rotatable bonds is 6. The minimum Gasteiger partial charge on any atom is -0.361 e. The summed E-state index contributed by atoms with van der Waals surface area (Å²) in [4.78, 5) is 1.87. The zero-order valence-corrected chi connectivity index (χ0v) is 15.6. The minimum absolute atomic E-state index is 0.278. The van der Waals surface area contributed by atoms with Gasteiger partial charge in [-0.1, -0.05) is 29.8 Å². The molecule has 0 radical (unpaired) electrons. The Bertz CT molecular complexity index is 703. The van der Waals surface area contributed by atoms with Gasteiger partial charge in [-0.05, 0) is 56.1 Å². The van der Waals surface area contributed by atoms with Crippen LogP contribution in [0.1, 0.15) is 17.2 Å². The number of likely N-dealkylation sites (N-methyl/N-ethyl adjacent to an activating group) is 1. The predicted octanol–water partition coefficient (Wildman–Crippen LogP) is 3.89. The lowest BCUT2D eigenvalue weighted by atomic mass is 10.1. The van der Waals surface area contributed by atoms with Gasteiger partial charge in [-0.15, -0.1) is 0 Å². The van der Waals surface area contributed by atoms with E-state index in [1.54, 1.807) is 24.3 Å². The molecule has 134 valence electrons. The third kappa shape index (κ3) is 5.63. The van der Waals surface area contributed by atoms with Gasteiger partial charge in [-0.25, -0.2) is 8.78 Å².